The largest absolute Gasteiger partial charge is 0.361 e. The number of rotatable bonds is 4. The minimum Gasteiger partial charge on any atom is -0.361 e. The summed E-state index contributed by atoms with van der Waals surface area (Å²) in [6, 6.07) is 5.38. The van der Waals surface area contributed by atoms with E-state index >= 15 is 0 Å². The Labute approximate surface area is 162 Å². The molecule has 1 unspecified atom stereocenters. The van der Waals surface area contributed by atoms with Gasteiger partial charge in [-0.25, -0.2) is 13.2 Å². The molecule has 0 spiro atoms. The molecule has 1 saturated heterocycles. The van der Waals surface area contributed by atoms with E-state index in [4.69, 9.17) is 11.6 Å². The molecule has 1 aliphatic heterocycles. The van der Waals surface area contributed by atoms with E-state index in [1.54, 1.807) is 12.3 Å². The fraction of sp³-hybridized carbons (Fsp3) is 0.211. The Bertz CT molecular complexity index is 1070. The van der Waals surface area contributed by atoms with Crippen molar-refractivity contribution in [2.24, 2.45) is 0 Å². The molecule has 2 heterocycles. The average molecular weight is 410 g/mol. The molecular formula is C19H15ClF3N3O2. The number of H-pyrrole nitrogens is 1. The third-order valence-electron chi connectivity index (χ3n) is 4.82. The van der Waals surface area contributed by atoms with Gasteiger partial charge in [0.15, 0.2) is 18.0 Å². The van der Waals surface area contributed by atoms with Gasteiger partial charge < -0.3 is 10.1 Å². The van der Waals surface area contributed by atoms with Crippen LogP contribution in [0.1, 0.15) is 11.1 Å². The number of nitrogens with zero attached hydrogens (tertiary/aromatic N) is 1. The average Bonchev–Trinajstić information content (AvgIpc) is 3.18. The Hall–Kier alpha value is -2.55. The molecule has 1 fully saturated rings. The van der Waals surface area contributed by atoms with Gasteiger partial charge in [-0.3, -0.25) is 15.0 Å². The Morgan fingerprint density at radius 1 is 1.11 bits per heavy atom. The van der Waals surface area contributed by atoms with Crippen molar-refractivity contribution >= 4 is 28.4 Å². The van der Waals surface area contributed by atoms with E-state index in [1.807, 2.05) is 0 Å². The standard InChI is InChI=1S/C19H15ClF3N3O2/c20-16-13(22)4-2-11-10(7-24-17(11)16)6-15-18(27)26(19(28)25-15)8-9-1-3-12(21)14(23)5-9/h1-5,7,15,19,24-25,28H,6,8H2/t15-,19?/m1/s1. The molecular weight excluding hydrogens is 395 g/mol. The van der Waals surface area contributed by atoms with Crippen molar-refractivity contribution < 1.29 is 23.1 Å². The van der Waals surface area contributed by atoms with E-state index < -0.39 is 29.8 Å². The summed E-state index contributed by atoms with van der Waals surface area (Å²) in [4.78, 5) is 16.7. The number of hydrogen-bond donors (Lipinski definition) is 3. The third kappa shape index (κ3) is 3.23. The number of fused-ring (bicyclic) bond motifs is 1. The van der Waals surface area contributed by atoms with Crippen molar-refractivity contribution in [1.82, 2.24) is 15.2 Å². The van der Waals surface area contributed by atoms with Gasteiger partial charge in [0, 0.05) is 18.1 Å². The lowest BCUT2D eigenvalue weighted by molar-refractivity contribution is -0.134. The predicted octanol–water partition coefficient (Wildman–Crippen LogP) is 3.06. The van der Waals surface area contributed by atoms with Crippen LogP contribution in [0.5, 0.6) is 0 Å². The molecule has 0 bridgehead atoms. The topological polar surface area (TPSA) is 68.4 Å². The second-order valence-corrected chi connectivity index (χ2v) is 6.99. The van der Waals surface area contributed by atoms with Crippen LogP contribution in [0.25, 0.3) is 10.9 Å². The minimum atomic E-state index is -1.27. The molecule has 3 N–H and O–H groups in total. The van der Waals surface area contributed by atoms with Crippen molar-refractivity contribution in [2.75, 3.05) is 0 Å². The molecule has 5 nitrogen and oxygen atoms in total. The highest BCUT2D eigenvalue weighted by Gasteiger charge is 2.38. The number of carbonyl (C=O) groups is 1. The van der Waals surface area contributed by atoms with E-state index in [1.165, 1.54) is 12.1 Å². The molecule has 9 heteroatoms. The van der Waals surface area contributed by atoms with Gasteiger partial charge in [0.1, 0.15) is 10.8 Å². The maximum atomic E-state index is 13.6. The quantitative estimate of drug-likeness (QED) is 0.620. The number of aromatic amines is 1. The van der Waals surface area contributed by atoms with Gasteiger partial charge in [-0.2, -0.15) is 0 Å². The first-order chi connectivity index (χ1) is 13.3. The van der Waals surface area contributed by atoms with Crippen molar-refractivity contribution in [1.29, 1.82) is 0 Å². The Morgan fingerprint density at radius 3 is 2.61 bits per heavy atom. The van der Waals surface area contributed by atoms with E-state index in [9.17, 15) is 23.1 Å². The SMILES string of the molecule is O=C1[C@@H](Cc2c[nH]c3c(Cl)c(F)ccc23)NC(O)N1Cc1ccc(F)c(F)c1. The van der Waals surface area contributed by atoms with Gasteiger partial charge in [-0.15, -0.1) is 0 Å². The molecule has 146 valence electrons. The normalized spacial score (nSPS) is 19.8. The summed E-state index contributed by atoms with van der Waals surface area (Å²) in [6.45, 7) is -0.0778. The first-order valence-electron chi connectivity index (χ1n) is 8.47. The summed E-state index contributed by atoms with van der Waals surface area (Å²) in [5.41, 5.74) is 1.51. The van der Waals surface area contributed by atoms with Crippen LogP contribution in [0.3, 0.4) is 0 Å². The van der Waals surface area contributed by atoms with Gasteiger partial charge in [-0.05, 0) is 41.8 Å². The highest BCUT2D eigenvalue weighted by atomic mass is 35.5. The zero-order chi connectivity index (χ0) is 20.0. The fourth-order valence-electron chi connectivity index (χ4n) is 3.39. The van der Waals surface area contributed by atoms with Crippen LogP contribution in [-0.4, -0.2) is 33.3 Å². The molecule has 0 saturated carbocycles. The molecule has 1 aromatic heterocycles. The maximum Gasteiger partial charge on any atom is 0.243 e. The number of amides is 1. The molecule has 2 atom stereocenters. The van der Waals surface area contributed by atoms with Crippen LogP contribution in [0.15, 0.2) is 36.5 Å². The first-order valence-corrected chi connectivity index (χ1v) is 8.85. The van der Waals surface area contributed by atoms with Crippen molar-refractivity contribution in [3.05, 3.63) is 70.1 Å². The predicted molar refractivity (Wildman–Crippen MR) is 96.8 cm³/mol. The number of aromatic nitrogens is 1. The molecule has 4 rings (SSSR count). The molecule has 1 aliphatic rings. The molecule has 2 aromatic carbocycles. The van der Waals surface area contributed by atoms with Crippen LogP contribution in [0.4, 0.5) is 13.2 Å². The van der Waals surface area contributed by atoms with Crippen LogP contribution in [0, 0.1) is 17.5 Å². The smallest absolute Gasteiger partial charge is 0.243 e. The maximum absolute atomic E-state index is 13.6. The number of halogens is 4. The van der Waals surface area contributed by atoms with Crippen molar-refractivity contribution in [3.63, 3.8) is 0 Å². The summed E-state index contributed by atoms with van der Waals surface area (Å²) in [5, 5.41) is 13.6. The number of aliphatic hydroxyl groups excluding tert-OH is 1. The summed E-state index contributed by atoms with van der Waals surface area (Å²) in [7, 11) is 0. The van der Waals surface area contributed by atoms with Crippen LogP contribution >= 0.6 is 11.6 Å². The van der Waals surface area contributed by atoms with E-state index in [2.05, 4.69) is 10.3 Å². The molecule has 28 heavy (non-hydrogen) atoms. The number of nitrogens with one attached hydrogen (secondary N) is 2. The number of hydrogen-bond acceptors (Lipinski definition) is 3. The Balaban J connectivity index is 1.53. The van der Waals surface area contributed by atoms with E-state index in [0.717, 1.165) is 22.6 Å². The zero-order valence-corrected chi connectivity index (χ0v) is 15.1. The molecule has 1 amide bonds. The first kappa shape index (κ1) is 18.8. The van der Waals surface area contributed by atoms with Gasteiger partial charge in [-0.1, -0.05) is 17.7 Å². The highest BCUT2D eigenvalue weighted by Crippen LogP contribution is 2.29. The van der Waals surface area contributed by atoms with Crippen LogP contribution < -0.4 is 5.32 Å². The highest BCUT2D eigenvalue weighted by molar-refractivity contribution is 6.35. The van der Waals surface area contributed by atoms with Crippen molar-refractivity contribution in [3.8, 4) is 0 Å². The minimum absolute atomic E-state index is 0.0329. The monoisotopic (exact) mass is 409 g/mol. The second-order valence-electron chi connectivity index (χ2n) is 6.61. The molecule has 0 radical (unpaired) electrons. The van der Waals surface area contributed by atoms with Crippen LogP contribution in [-0.2, 0) is 17.8 Å². The Morgan fingerprint density at radius 2 is 1.86 bits per heavy atom. The van der Waals surface area contributed by atoms with Gasteiger partial charge in [0.2, 0.25) is 5.91 Å². The van der Waals surface area contributed by atoms with Crippen molar-refractivity contribution in [2.45, 2.75) is 25.4 Å². The lowest BCUT2D eigenvalue weighted by atomic mass is 10.0. The number of aliphatic hydroxyl groups is 1. The Kier molecular flexibility index (Phi) is 4.78. The van der Waals surface area contributed by atoms with Crippen LogP contribution in [0.2, 0.25) is 5.02 Å². The third-order valence-corrected chi connectivity index (χ3v) is 5.19. The number of benzene rings is 2. The van der Waals surface area contributed by atoms with E-state index in [0.29, 0.717) is 16.5 Å². The lowest BCUT2D eigenvalue weighted by Gasteiger charge is -2.19. The molecule has 3 aromatic rings. The van der Waals surface area contributed by atoms with Gasteiger partial charge in [0.05, 0.1) is 11.6 Å². The summed E-state index contributed by atoms with van der Waals surface area (Å²) in [6.07, 6.45) is 0.596. The fourth-order valence-corrected chi connectivity index (χ4v) is 3.61. The van der Waals surface area contributed by atoms with Gasteiger partial charge in [0.25, 0.3) is 0 Å². The zero-order valence-electron chi connectivity index (χ0n) is 14.3. The lowest BCUT2D eigenvalue weighted by Crippen LogP contribution is -2.36. The second kappa shape index (κ2) is 7.12. The summed E-state index contributed by atoms with van der Waals surface area (Å²) >= 11 is 5.95. The van der Waals surface area contributed by atoms with Gasteiger partial charge >= 0.3 is 0 Å². The summed E-state index contributed by atoms with van der Waals surface area (Å²) < 4.78 is 40.0. The molecule has 0 aliphatic carbocycles. The summed E-state index contributed by atoms with van der Waals surface area (Å²) in [5.74, 6) is -2.95. The van der Waals surface area contributed by atoms with E-state index in [-0.39, 0.29) is 23.9 Å². The number of carbonyl (C=O) groups excluding carboxylic acids is 1.